The summed E-state index contributed by atoms with van der Waals surface area (Å²) in [7, 11) is 0. The molecule has 1 atom stereocenters. The molecule has 138 valence electrons. The lowest BCUT2D eigenvalue weighted by atomic mass is 9.82. The van der Waals surface area contributed by atoms with E-state index in [2.05, 4.69) is 91.6 Å². The normalized spacial score (nSPS) is 16.2. The molecule has 0 saturated carbocycles. The first-order valence-electron chi connectivity index (χ1n) is 9.40. The Labute approximate surface area is 152 Å². The van der Waals surface area contributed by atoms with E-state index in [0.717, 1.165) is 11.8 Å². The maximum Gasteiger partial charge on any atom is -0.00461 e. The van der Waals surface area contributed by atoms with Crippen LogP contribution in [0.2, 0.25) is 0 Å². The van der Waals surface area contributed by atoms with Crippen molar-refractivity contribution in [2.45, 2.75) is 68.2 Å². The summed E-state index contributed by atoms with van der Waals surface area (Å²) in [5, 5.41) is 3.38. The van der Waals surface area contributed by atoms with Crippen LogP contribution in [0.4, 0.5) is 0 Å². The number of aryl methyl sites for hydroxylation is 2. The second kappa shape index (κ2) is 11.5. The number of benzene rings is 1. The van der Waals surface area contributed by atoms with Gasteiger partial charge < -0.3 is 5.32 Å². The van der Waals surface area contributed by atoms with Gasteiger partial charge in [0.1, 0.15) is 0 Å². The topological polar surface area (TPSA) is 12.0 Å². The SMILES string of the molecule is C=C(C)C(C)C1CCNCC1.CC(C)(C)C.Cc1ccc(C)cc1. The zero-order chi connectivity index (χ0) is 18.8. The van der Waals surface area contributed by atoms with Gasteiger partial charge in [0, 0.05) is 0 Å². The average Bonchev–Trinajstić information content (AvgIpc) is 2.49. The van der Waals surface area contributed by atoms with Gasteiger partial charge >= 0.3 is 0 Å². The number of hydrogen-bond acceptors (Lipinski definition) is 1. The summed E-state index contributed by atoms with van der Waals surface area (Å²) in [6.45, 7) is 23.8. The highest BCUT2D eigenvalue weighted by Crippen LogP contribution is 2.26. The standard InChI is InChI=1S/C10H19N.C8H10.C5H12/c1-8(2)9(3)10-4-6-11-7-5-10;1-7-3-5-8(2)6-4-7;1-5(2,3)4/h9-11H,1,4-7H2,2-3H3;3-6H,1-2H3;1-4H3. The van der Waals surface area contributed by atoms with E-state index in [0.29, 0.717) is 5.41 Å². The Kier molecular flexibility index (Phi) is 11.0. The molecule has 1 unspecified atom stereocenters. The van der Waals surface area contributed by atoms with Gasteiger partial charge in [-0.25, -0.2) is 0 Å². The molecule has 1 N–H and O–H groups in total. The van der Waals surface area contributed by atoms with E-state index in [1.165, 1.54) is 42.6 Å². The van der Waals surface area contributed by atoms with Crippen molar-refractivity contribution in [3.8, 4) is 0 Å². The fourth-order valence-corrected chi connectivity index (χ4v) is 2.38. The molecule has 0 aromatic heterocycles. The molecule has 1 aliphatic heterocycles. The molecule has 2 rings (SSSR count). The van der Waals surface area contributed by atoms with Crippen molar-refractivity contribution >= 4 is 0 Å². The minimum absolute atomic E-state index is 0.500. The average molecular weight is 332 g/mol. The van der Waals surface area contributed by atoms with Crippen molar-refractivity contribution < 1.29 is 0 Å². The van der Waals surface area contributed by atoms with Crippen LogP contribution in [0.5, 0.6) is 0 Å². The Morgan fingerprint density at radius 1 is 1.00 bits per heavy atom. The van der Waals surface area contributed by atoms with Gasteiger partial charge in [0.2, 0.25) is 0 Å². The molecule has 1 aromatic carbocycles. The van der Waals surface area contributed by atoms with Gasteiger partial charge in [0.25, 0.3) is 0 Å². The third-order valence-corrected chi connectivity index (χ3v) is 4.09. The van der Waals surface area contributed by atoms with E-state index in [-0.39, 0.29) is 0 Å². The van der Waals surface area contributed by atoms with Crippen LogP contribution in [-0.2, 0) is 0 Å². The first-order chi connectivity index (χ1) is 11.0. The van der Waals surface area contributed by atoms with E-state index in [1.54, 1.807) is 0 Å². The van der Waals surface area contributed by atoms with Crippen LogP contribution >= 0.6 is 0 Å². The molecular formula is C23H41N. The Bertz CT molecular complexity index is 417. The third kappa shape index (κ3) is 13.4. The van der Waals surface area contributed by atoms with Crippen LogP contribution < -0.4 is 5.32 Å². The van der Waals surface area contributed by atoms with E-state index in [9.17, 15) is 0 Å². The lowest BCUT2D eigenvalue weighted by molar-refractivity contribution is 0.304. The summed E-state index contributed by atoms with van der Waals surface area (Å²) in [4.78, 5) is 0. The fourth-order valence-electron chi connectivity index (χ4n) is 2.38. The lowest BCUT2D eigenvalue weighted by Crippen LogP contribution is -2.31. The molecule has 1 fully saturated rings. The maximum atomic E-state index is 4.01. The second-order valence-corrected chi connectivity index (χ2v) is 8.88. The zero-order valence-electron chi connectivity index (χ0n) is 17.5. The van der Waals surface area contributed by atoms with Gasteiger partial charge in [0.05, 0.1) is 0 Å². The quantitative estimate of drug-likeness (QED) is 0.605. The van der Waals surface area contributed by atoms with Crippen molar-refractivity contribution in [1.82, 2.24) is 5.32 Å². The second-order valence-electron chi connectivity index (χ2n) is 8.88. The van der Waals surface area contributed by atoms with Crippen molar-refractivity contribution in [1.29, 1.82) is 0 Å². The van der Waals surface area contributed by atoms with Crippen molar-refractivity contribution in [2.75, 3.05) is 13.1 Å². The molecule has 0 amide bonds. The zero-order valence-corrected chi connectivity index (χ0v) is 17.5. The van der Waals surface area contributed by atoms with Gasteiger partial charge in [-0.3, -0.25) is 0 Å². The smallest absolute Gasteiger partial charge is 0.00461 e. The highest BCUT2D eigenvalue weighted by Gasteiger charge is 2.19. The summed E-state index contributed by atoms with van der Waals surface area (Å²) >= 11 is 0. The van der Waals surface area contributed by atoms with Crippen LogP contribution in [0, 0.1) is 31.1 Å². The monoisotopic (exact) mass is 331 g/mol. The molecule has 1 heteroatoms. The predicted octanol–water partition coefficient (Wildman–Crippen LogP) is 6.55. The van der Waals surface area contributed by atoms with Crippen LogP contribution in [0.3, 0.4) is 0 Å². The molecule has 24 heavy (non-hydrogen) atoms. The molecule has 1 nitrogen and oxygen atoms in total. The highest BCUT2D eigenvalue weighted by atomic mass is 14.9. The molecule has 1 aromatic rings. The Morgan fingerprint density at radius 3 is 1.62 bits per heavy atom. The largest absolute Gasteiger partial charge is 0.317 e. The van der Waals surface area contributed by atoms with E-state index < -0.39 is 0 Å². The number of piperidine rings is 1. The van der Waals surface area contributed by atoms with Gasteiger partial charge in [-0.2, -0.15) is 0 Å². The molecule has 1 heterocycles. The fraction of sp³-hybridized carbons (Fsp3) is 0.652. The van der Waals surface area contributed by atoms with Crippen molar-refractivity contribution in [3.63, 3.8) is 0 Å². The van der Waals surface area contributed by atoms with Gasteiger partial charge in [-0.1, -0.05) is 82.2 Å². The van der Waals surface area contributed by atoms with Gasteiger partial charge in [-0.15, -0.1) is 0 Å². The first-order valence-corrected chi connectivity index (χ1v) is 9.40. The third-order valence-electron chi connectivity index (χ3n) is 4.09. The Hall–Kier alpha value is -1.08. The van der Waals surface area contributed by atoms with Crippen LogP contribution in [0.15, 0.2) is 36.4 Å². The number of hydrogen-bond donors (Lipinski definition) is 1. The van der Waals surface area contributed by atoms with Crippen LogP contribution in [0.1, 0.15) is 65.5 Å². The van der Waals surface area contributed by atoms with E-state index in [4.69, 9.17) is 0 Å². The van der Waals surface area contributed by atoms with Crippen molar-refractivity contribution in [2.24, 2.45) is 17.3 Å². The summed E-state index contributed by atoms with van der Waals surface area (Å²) in [6, 6.07) is 8.48. The van der Waals surface area contributed by atoms with Crippen LogP contribution in [0.25, 0.3) is 0 Å². The van der Waals surface area contributed by atoms with Crippen LogP contribution in [-0.4, -0.2) is 13.1 Å². The summed E-state index contributed by atoms with van der Waals surface area (Å²) in [5.74, 6) is 1.60. The van der Waals surface area contributed by atoms with Gasteiger partial charge in [0.15, 0.2) is 0 Å². The maximum absolute atomic E-state index is 4.01. The highest BCUT2D eigenvalue weighted by molar-refractivity contribution is 5.19. The Morgan fingerprint density at radius 2 is 1.33 bits per heavy atom. The molecule has 0 spiro atoms. The molecule has 1 aliphatic rings. The van der Waals surface area contributed by atoms with E-state index >= 15 is 0 Å². The Balaban J connectivity index is 0.000000358. The molecule has 1 saturated heterocycles. The molecule has 0 aliphatic carbocycles. The number of nitrogens with one attached hydrogen (secondary N) is 1. The van der Waals surface area contributed by atoms with E-state index in [1.807, 2.05) is 0 Å². The van der Waals surface area contributed by atoms with Gasteiger partial charge in [-0.05, 0) is 64.0 Å². The number of rotatable bonds is 2. The molecule has 0 radical (unpaired) electrons. The summed E-state index contributed by atoms with van der Waals surface area (Å²) in [6.07, 6.45) is 2.65. The summed E-state index contributed by atoms with van der Waals surface area (Å²) in [5.41, 5.74) is 4.50. The summed E-state index contributed by atoms with van der Waals surface area (Å²) < 4.78 is 0. The molecular weight excluding hydrogens is 290 g/mol. The minimum Gasteiger partial charge on any atom is -0.317 e. The molecule has 0 bridgehead atoms. The first kappa shape index (κ1) is 22.9. The lowest BCUT2D eigenvalue weighted by Gasteiger charge is -2.28. The minimum atomic E-state index is 0.500. The number of allylic oxidation sites excluding steroid dienone is 1. The van der Waals surface area contributed by atoms with Crippen molar-refractivity contribution in [3.05, 3.63) is 47.5 Å². The predicted molar refractivity (Wildman–Crippen MR) is 111 cm³/mol.